The minimum Gasteiger partial charge on any atom is -0.481 e. The van der Waals surface area contributed by atoms with Gasteiger partial charge in [0.05, 0.1) is 4.92 Å². The van der Waals surface area contributed by atoms with E-state index in [4.69, 9.17) is 5.11 Å². The molecule has 0 aromatic heterocycles. The average Bonchev–Trinajstić information content (AvgIpc) is 2.37. The van der Waals surface area contributed by atoms with E-state index in [9.17, 15) is 19.7 Å². The van der Waals surface area contributed by atoms with Crippen LogP contribution in [0.4, 0.5) is 11.4 Å². The molecule has 19 heavy (non-hydrogen) atoms. The smallest absolute Gasteiger partial charge is 0.303 e. The molecule has 0 bridgehead atoms. The number of hydrogen-bond acceptors (Lipinski definition) is 5. The fourth-order valence-electron chi connectivity index (χ4n) is 1.61. The molecule has 0 saturated heterocycles. The number of carboxylic acid groups (broad SMARTS) is 1. The Bertz CT molecular complexity index is 513. The van der Waals surface area contributed by atoms with Crippen molar-refractivity contribution in [2.75, 3.05) is 12.4 Å². The molecule has 7 heteroatoms. The van der Waals surface area contributed by atoms with Gasteiger partial charge in [0, 0.05) is 31.5 Å². The quantitative estimate of drug-likeness (QED) is 0.444. The molecule has 1 aromatic rings. The van der Waals surface area contributed by atoms with Crippen molar-refractivity contribution < 1.29 is 19.6 Å². The highest BCUT2D eigenvalue weighted by Crippen LogP contribution is 2.25. The fourth-order valence-corrected chi connectivity index (χ4v) is 1.61. The maximum Gasteiger partial charge on any atom is 0.303 e. The molecule has 0 fully saturated rings. The van der Waals surface area contributed by atoms with Crippen molar-refractivity contribution in [1.82, 2.24) is 0 Å². The van der Waals surface area contributed by atoms with Crippen molar-refractivity contribution in [3.8, 4) is 0 Å². The lowest BCUT2D eigenvalue weighted by Crippen LogP contribution is -2.04. The third-order valence-electron chi connectivity index (χ3n) is 2.58. The summed E-state index contributed by atoms with van der Waals surface area (Å²) in [4.78, 5) is 32.4. The first-order valence-corrected chi connectivity index (χ1v) is 5.67. The molecule has 1 aromatic carbocycles. The van der Waals surface area contributed by atoms with Gasteiger partial charge in [-0.05, 0) is 18.6 Å². The molecule has 0 amide bonds. The van der Waals surface area contributed by atoms with Gasteiger partial charge in [0.25, 0.3) is 5.69 Å². The van der Waals surface area contributed by atoms with Crippen LogP contribution in [0.1, 0.15) is 29.6 Å². The van der Waals surface area contributed by atoms with Crippen molar-refractivity contribution >= 4 is 23.1 Å². The van der Waals surface area contributed by atoms with Gasteiger partial charge in [0.2, 0.25) is 0 Å². The summed E-state index contributed by atoms with van der Waals surface area (Å²) in [5.41, 5.74) is 0.370. The number of nitrogens with zero attached hydrogens (tertiary/aromatic N) is 1. The number of nitro groups is 1. The maximum absolute atomic E-state index is 11.8. The summed E-state index contributed by atoms with van der Waals surface area (Å²) in [6, 6.07) is 4.15. The first-order chi connectivity index (χ1) is 8.95. The molecular formula is C12H14N2O5. The summed E-state index contributed by atoms with van der Waals surface area (Å²) in [5.74, 6) is -1.27. The monoisotopic (exact) mass is 266 g/mol. The van der Waals surface area contributed by atoms with Gasteiger partial charge in [0.15, 0.2) is 5.78 Å². The Morgan fingerprint density at radius 3 is 2.58 bits per heavy atom. The van der Waals surface area contributed by atoms with E-state index in [0.29, 0.717) is 5.69 Å². The number of ketones is 1. The Balaban J connectivity index is 2.83. The van der Waals surface area contributed by atoms with Gasteiger partial charge in [-0.15, -0.1) is 0 Å². The number of carboxylic acids is 1. The van der Waals surface area contributed by atoms with Crippen LogP contribution in [0.2, 0.25) is 0 Å². The third kappa shape index (κ3) is 4.06. The number of aliphatic carboxylic acids is 1. The highest BCUT2D eigenvalue weighted by atomic mass is 16.6. The number of benzene rings is 1. The highest BCUT2D eigenvalue weighted by Gasteiger charge is 2.16. The van der Waals surface area contributed by atoms with Crippen molar-refractivity contribution in [3.63, 3.8) is 0 Å². The predicted octanol–water partition coefficient (Wildman–Crippen LogP) is 2.07. The Morgan fingerprint density at radius 1 is 1.37 bits per heavy atom. The zero-order valence-electron chi connectivity index (χ0n) is 10.4. The Hall–Kier alpha value is -2.44. The summed E-state index contributed by atoms with van der Waals surface area (Å²) < 4.78 is 0. The Morgan fingerprint density at radius 2 is 2.05 bits per heavy atom. The molecule has 0 heterocycles. The first-order valence-electron chi connectivity index (χ1n) is 5.67. The van der Waals surface area contributed by atoms with Crippen LogP contribution < -0.4 is 5.32 Å². The van der Waals surface area contributed by atoms with Crippen molar-refractivity contribution in [3.05, 3.63) is 33.9 Å². The van der Waals surface area contributed by atoms with Crippen molar-refractivity contribution in [2.45, 2.75) is 19.3 Å². The van der Waals surface area contributed by atoms with Gasteiger partial charge < -0.3 is 10.4 Å². The van der Waals surface area contributed by atoms with Gasteiger partial charge in [-0.2, -0.15) is 0 Å². The van der Waals surface area contributed by atoms with Crippen molar-refractivity contribution in [2.24, 2.45) is 0 Å². The first kappa shape index (κ1) is 14.6. The van der Waals surface area contributed by atoms with E-state index in [1.165, 1.54) is 18.2 Å². The van der Waals surface area contributed by atoms with Gasteiger partial charge in [-0.3, -0.25) is 19.7 Å². The van der Waals surface area contributed by atoms with Crippen LogP contribution in [-0.2, 0) is 4.79 Å². The summed E-state index contributed by atoms with van der Waals surface area (Å²) in [7, 11) is 1.55. The van der Waals surface area contributed by atoms with Crippen molar-refractivity contribution in [1.29, 1.82) is 0 Å². The molecule has 0 aliphatic rings. The number of nitro benzene ring substituents is 1. The molecule has 0 spiro atoms. The van der Waals surface area contributed by atoms with E-state index in [0.717, 1.165) is 0 Å². The topological polar surface area (TPSA) is 110 Å². The van der Waals surface area contributed by atoms with E-state index in [1.807, 2.05) is 0 Å². The summed E-state index contributed by atoms with van der Waals surface area (Å²) in [6.45, 7) is 0. The summed E-state index contributed by atoms with van der Waals surface area (Å²) in [5, 5.41) is 22.0. The number of anilines is 1. The lowest BCUT2D eigenvalue weighted by atomic mass is 10.0. The third-order valence-corrected chi connectivity index (χ3v) is 2.58. The largest absolute Gasteiger partial charge is 0.481 e. The molecular weight excluding hydrogens is 252 g/mol. The molecule has 2 N–H and O–H groups in total. The molecule has 0 aliphatic heterocycles. The predicted molar refractivity (Wildman–Crippen MR) is 68.5 cm³/mol. The fraction of sp³-hybridized carbons (Fsp3) is 0.333. The number of Topliss-reactive ketones (excluding diaryl/α,β-unsaturated/α-hetero) is 1. The lowest BCUT2D eigenvalue weighted by molar-refractivity contribution is -0.384. The zero-order valence-corrected chi connectivity index (χ0v) is 10.4. The molecule has 0 unspecified atom stereocenters. The Kier molecular flexibility index (Phi) is 4.99. The number of rotatable bonds is 7. The van der Waals surface area contributed by atoms with Gasteiger partial charge >= 0.3 is 5.97 Å². The summed E-state index contributed by atoms with van der Waals surface area (Å²) in [6.07, 6.45) is 0.181. The van der Waals surface area contributed by atoms with Crippen LogP contribution in [0, 0.1) is 10.1 Å². The van der Waals surface area contributed by atoms with E-state index < -0.39 is 10.9 Å². The minimum atomic E-state index is -0.968. The number of carbonyl (C=O) groups excluding carboxylic acids is 1. The standard InChI is InChI=1S/C12H14N2O5/c1-13-9-6-5-8(7-10(9)14(18)19)11(15)3-2-4-12(16)17/h5-7,13H,2-4H2,1H3,(H,16,17). The van der Waals surface area contributed by atoms with E-state index in [1.54, 1.807) is 7.05 Å². The molecule has 0 radical (unpaired) electrons. The van der Waals surface area contributed by atoms with Crippen LogP contribution in [0.15, 0.2) is 18.2 Å². The van der Waals surface area contributed by atoms with Crippen LogP contribution in [0.5, 0.6) is 0 Å². The molecule has 7 nitrogen and oxygen atoms in total. The lowest BCUT2D eigenvalue weighted by Gasteiger charge is -2.04. The second kappa shape index (κ2) is 6.48. The van der Waals surface area contributed by atoms with Crippen LogP contribution in [-0.4, -0.2) is 28.8 Å². The second-order valence-corrected chi connectivity index (χ2v) is 3.91. The molecule has 0 saturated carbocycles. The molecule has 1 rings (SSSR count). The SMILES string of the molecule is CNc1ccc(C(=O)CCCC(=O)O)cc1[N+](=O)[O-]. The van der Waals surface area contributed by atoms with E-state index in [-0.39, 0.29) is 36.3 Å². The zero-order chi connectivity index (χ0) is 14.4. The van der Waals surface area contributed by atoms with Gasteiger partial charge in [-0.1, -0.05) is 0 Å². The summed E-state index contributed by atoms with van der Waals surface area (Å²) >= 11 is 0. The van der Waals surface area contributed by atoms with E-state index >= 15 is 0 Å². The average molecular weight is 266 g/mol. The number of nitrogens with one attached hydrogen (secondary N) is 1. The van der Waals surface area contributed by atoms with Crippen LogP contribution >= 0.6 is 0 Å². The minimum absolute atomic E-state index is 0.0579. The molecule has 0 aliphatic carbocycles. The number of carbonyl (C=O) groups is 2. The van der Waals surface area contributed by atoms with Crippen LogP contribution in [0.3, 0.4) is 0 Å². The van der Waals surface area contributed by atoms with Gasteiger partial charge in [0.1, 0.15) is 5.69 Å². The second-order valence-electron chi connectivity index (χ2n) is 3.91. The molecule has 102 valence electrons. The molecule has 0 atom stereocenters. The normalized spacial score (nSPS) is 9.95. The van der Waals surface area contributed by atoms with Gasteiger partial charge in [-0.25, -0.2) is 0 Å². The number of hydrogen-bond donors (Lipinski definition) is 2. The highest BCUT2D eigenvalue weighted by molar-refractivity contribution is 5.97. The maximum atomic E-state index is 11.8. The van der Waals surface area contributed by atoms with E-state index in [2.05, 4.69) is 5.32 Å². The Labute approximate surface area is 109 Å². The van der Waals surface area contributed by atoms with Crippen LogP contribution in [0.25, 0.3) is 0 Å².